The van der Waals surface area contributed by atoms with Gasteiger partial charge in [0.25, 0.3) is 0 Å². The fraction of sp³-hybridized carbons (Fsp3) is 0.235. The second kappa shape index (κ2) is 5.95. The highest BCUT2D eigenvalue weighted by molar-refractivity contribution is 5.80. The summed E-state index contributed by atoms with van der Waals surface area (Å²) in [5.74, 6) is 0.950. The molecule has 0 aliphatic rings. The van der Waals surface area contributed by atoms with Gasteiger partial charge in [-0.15, -0.1) is 0 Å². The van der Waals surface area contributed by atoms with Gasteiger partial charge in [-0.05, 0) is 42.8 Å². The molecule has 4 heteroatoms. The van der Waals surface area contributed by atoms with Crippen LogP contribution < -0.4 is 5.32 Å². The van der Waals surface area contributed by atoms with Gasteiger partial charge in [-0.2, -0.15) is 0 Å². The third-order valence-corrected chi connectivity index (χ3v) is 3.57. The number of hydrogen-bond donors (Lipinski definition) is 1. The van der Waals surface area contributed by atoms with E-state index in [1.165, 1.54) is 0 Å². The largest absolute Gasteiger partial charge is 0.385 e. The summed E-state index contributed by atoms with van der Waals surface area (Å²) in [7, 11) is 2.03. The van der Waals surface area contributed by atoms with Gasteiger partial charge < -0.3 is 9.88 Å². The van der Waals surface area contributed by atoms with E-state index in [1.54, 1.807) is 0 Å². The quantitative estimate of drug-likeness (QED) is 0.717. The third-order valence-electron chi connectivity index (χ3n) is 3.57. The summed E-state index contributed by atoms with van der Waals surface area (Å²) in [6.07, 6.45) is 0.534. The van der Waals surface area contributed by atoms with E-state index in [0.29, 0.717) is 13.0 Å². The molecule has 3 nitrogen and oxygen atoms in total. The Balaban J connectivity index is 1.87. The van der Waals surface area contributed by atoms with Gasteiger partial charge in [0.05, 0.1) is 17.7 Å². The van der Waals surface area contributed by atoms with Crippen LogP contribution in [0, 0.1) is 0 Å². The Labute approximate surface area is 123 Å². The van der Waals surface area contributed by atoms with Gasteiger partial charge in [-0.25, -0.2) is 4.98 Å². The molecule has 0 amide bonds. The number of anilines is 1. The first-order chi connectivity index (χ1) is 10.3. The zero-order valence-electron chi connectivity index (χ0n) is 12.0. The summed E-state index contributed by atoms with van der Waals surface area (Å²) in [4.78, 5) is 4.68. The van der Waals surface area contributed by atoms with E-state index in [2.05, 4.69) is 20.9 Å². The van der Waals surface area contributed by atoms with E-state index >= 15 is 0 Å². The molecular formula is C17H18FN3. The number of benzene rings is 2. The fourth-order valence-electron chi connectivity index (χ4n) is 2.44. The molecule has 0 saturated carbocycles. The first kappa shape index (κ1) is 13.6. The third kappa shape index (κ3) is 2.75. The number of para-hydroxylation sites is 2. The zero-order chi connectivity index (χ0) is 14.7. The Hall–Kier alpha value is -2.36. The number of fused-ring (bicyclic) bond motifs is 1. The molecule has 21 heavy (non-hydrogen) atoms. The molecule has 0 radical (unpaired) electrons. The molecular weight excluding hydrogens is 265 g/mol. The van der Waals surface area contributed by atoms with Crippen LogP contribution in [0.25, 0.3) is 22.4 Å². The summed E-state index contributed by atoms with van der Waals surface area (Å²) in [5.41, 5.74) is 4.20. The molecule has 1 N–H and O–H groups in total. The molecule has 0 saturated heterocycles. The minimum absolute atomic E-state index is 0.287. The van der Waals surface area contributed by atoms with Crippen LogP contribution in [-0.4, -0.2) is 22.8 Å². The monoisotopic (exact) mass is 283 g/mol. The Kier molecular flexibility index (Phi) is 3.86. The number of aromatic nitrogens is 2. The van der Waals surface area contributed by atoms with Crippen LogP contribution in [0.15, 0.2) is 48.5 Å². The summed E-state index contributed by atoms with van der Waals surface area (Å²) < 4.78 is 14.2. The number of nitrogens with zero attached hydrogens (tertiary/aromatic N) is 2. The van der Waals surface area contributed by atoms with Crippen molar-refractivity contribution in [1.82, 2.24) is 9.55 Å². The van der Waals surface area contributed by atoms with Gasteiger partial charge in [0, 0.05) is 24.8 Å². The Morgan fingerprint density at radius 3 is 2.57 bits per heavy atom. The van der Waals surface area contributed by atoms with Crippen molar-refractivity contribution in [3.8, 4) is 11.4 Å². The lowest BCUT2D eigenvalue weighted by molar-refractivity contribution is 0.481. The lowest BCUT2D eigenvalue weighted by atomic mass is 10.2. The molecule has 0 atom stereocenters. The molecule has 1 aromatic heterocycles. The topological polar surface area (TPSA) is 29.9 Å². The number of alkyl halides is 1. The van der Waals surface area contributed by atoms with Crippen molar-refractivity contribution < 1.29 is 4.39 Å². The molecule has 0 aliphatic heterocycles. The smallest absolute Gasteiger partial charge is 0.140 e. The lowest BCUT2D eigenvalue weighted by Gasteiger charge is -2.07. The van der Waals surface area contributed by atoms with Crippen LogP contribution in [0.1, 0.15) is 6.42 Å². The number of aryl methyl sites for hydroxylation is 1. The van der Waals surface area contributed by atoms with Crippen LogP contribution in [-0.2, 0) is 7.05 Å². The predicted molar refractivity (Wildman–Crippen MR) is 85.2 cm³/mol. The summed E-state index contributed by atoms with van der Waals surface area (Å²) >= 11 is 0. The number of imidazole rings is 1. The van der Waals surface area contributed by atoms with Crippen molar-refractivity contribution in [2.75, 3.05) is 18.5 Å². The second-order valence-electron chi connectivity index (χ2n) is 5.03. The maximum atomic E-state index is 12.1. The number of halogens is 1. The Morgan fingerprint density at radius 1 is 1.10 bits per heavy atom. The van der Waals surface area contributed by atoms with Gasteiger partial charge in [0.2, 0.25) is 0 Å². The maximum absolute atomic E-state index is 12.1. The molecule has 0 unspecified atom stereocenters. The molecule has 108 valence electrons. The molecule has 0 bridgehead atoms. The minimum atomic E-state index is -0.287. The van der Waals surface area contributed by atoms with Gasteiger partial charge in [-0.3, -0.25) is 4.39 Å². The number of rotatable bonds is 5. The van der Waals surface area contributed by atoms with Crippen LogP contribution in [0.2, 0.25) is 0 Å². The fourth-order valence-corrected chi connectivity index (χ4v) is 2.44. The maximum Gasteiger partial charge on any atom is 0.140 e. The van der Waals surface area contributed by atoms with E-state index in [1.807, 2.05) is 49.5 Å². The minimum Gasteiger partial charge on any atom is -0.385 e. The molecule has 0 aliphatic carbocycles. The molecule has 0 fully saturated rings. The van der Waals surface area contributed by atoms with Gasteiger partial charge in [0.15, 0.2) is 0 Å². The van der Waals surface area contributed by atoms with Crippen molar-refractivity contribution in [3.63, 3.8) is 0 Å². The highest BCUT2D eigenvalue weighted by Gasteiger charge is 2.08. The Bertz CT molecular complexity index is 731. The normalized spacial score (nSPS) is 11.0. The lowest BCUT2D eigenvalue weighted by Crippen LogP contribution is -2.02. The number of nitrogens with one attached hydrogen (secondary N) is 1. The van der Waals surface area contributed by atoms with Crippen molar-refractivity contribution in [3.05, 3.63) is 48.5 Å². The van der Waals surface area contributed by atoms with Crippen LogP contribution >= 0.6 is 0 Å². The van der Waals surface area contributed by atoms with Crippen molar-refractivity contribution >= 4 is 16.7 Å². The highest BCUT2D eigenvalue weighted by atomic mass is 19.1. The summed E-state index contributed by atoms with van der Waals surface area (Å²) in [6.45, 7) is 0.368. The van der Waals surface area contributed by atoms with Crippen LogP contribution in [0.5, 0.6) is 0 Å². The zero-order valence-corrected chi connectivity index (χ0v) is 12.0. The van der Waals surface area contributed by atoms with E-state index in [4.69, 9.17) is 0 Å². The molecule has 3 rings (SSSR count). The summed E-state index contributed by atoms with van der Waals surface area (Å²) in [5, 5.41) is 3.20. The van der Waals surface area contributed by atoms with Gasteiger partial charge in [0.1, 0.15) is 5.82 Å². The van der Waals surface area contributed by atoms with E-state index in [-0.39, 0.29) is 6.67 Å². The first-order valence-electron chi connectivity index (χ1n) is 7.11. The molecule has 1 heterocycles. The second-order valence-corrected chi connectivity index (χ2v) is 5.03. The van der Waals surface area contributed by atoms with E-state index in [0.717, 1.165) is 28.1 Å². The first-order valence-corrected chi connectivity index (χ1v) is 7.11. The Morgan fingerprint density at radius 2 is 1.86 bits per heavy atom. The van der Waals surface area contributed by atoms with Crippen molar-refractivity contribution in [1.29, 1.82) is 0 Å². The number of hydrogen-bond acceptors (Lipinski definition) is 2. The van der Waals surface area contributed by atoms with Gasteiger partial charge >= 0.3 is 0 Å². The van der Waals surface area contributed by atoms with Gasteiger partial charge in [-0.1, -0.05) is 12.1 Å². The van der Waals surface area contributed by atoms with Crippen LogP contribution in [0.4, 0.5) is 10.1 Å². The van der Waals surface area contributed by atoms with Crippen LogP contribution in [0.3, 0.4) is 0 Å². The SMILES string of the molecule is Cn1c(-c2ccc(NCCCF)cc2)nc2ccccc21. The van der Waals surface area contributed by atoms with E-state index < -0.39 is 0 Å². The average Bonchev–Trinajstić information content (AvgIpc) is 2.86. The van der Waals surface area contributed by atoms with E-state index in [9.17, 15) is 4.39 Å². The molecule has 3 aromatic rings. The predicted octanol–water partition coefficient (Wildman–Crippen LogP) is 4.01. The average molecular weight is 283 g/mol. The summed E-state index contributed by atoms with van der Waals surface area (Å²) in [6, 6.07) is 16.2. The highest BCUT2D eigenvalue weighted by Crippen LogP contribution is 2.24. The molecule has 2 aromatic carbocycles. The molecule has 0 spiro atoms. The van der Waals surface area contributed by atoms with Crippen molar-refractivity contribution in [2.45, 2.75) is 6.42 Å². The van der Waals surface area contributed by atoms with Crippen molar-refractivity contribution in [2.24, 2.45) is 7.05 Å². The standard InChI is InChI=1S/C17H18FN3/c1-21-16-6-3-2-5-15(16)20-17(21)13-7-9-14(10-8-13)19-12-4-11-18/h2-3,5-10,19H,4,11-12H2,1H3.